The van der Waals surface area contributed by atoms with E-state index in [9.17, 15) is 9.18 Å². The Morgan fingerprint density at radius 1 is 1.18 bits per heavy atom. The lowest BCUT2D eigenvalue weighted by Crippen LogP contribution is -2.45. The number of carbonyl (C=O) groups excluding carboxylic acids is 1. The van der Waals surface area contributed by atoms with Crippen molar-refractivity contribution in [2.24, 2.45) is 0 Å². The molecule has 1 fully saturated rings. The highest BCUT2D eigenvalue weighted by atomic mass is 19.1. The summed E-state index contributed by atoms with van der Waals surface area (Å²) in [6.07, 6.45) is 2.80. The summed E-state index contributed by atoms with van der Waals surface area (Å²) in [5.41, 5.74) is 8.57. The fourth-order valence-corrected chi connectivity index (χ4v) is 3.51. The first-order chi connectivity index (χ1) is 13.6. The van der Waals surface area contributed by atoms with Crippen LogP contribution in [0.4, 0.5) is 4.39 Å². The number of benzene rings is 2. The van der Waals surface area contributed by atoms with Crippen molar-refractivity contribution < 1.29 is 9.18 Å². The molecule has 28 heavy (non-hydrogen) atoms. The summed E-state index contributed by atoms with van der Waals surface area (Å²) in [6.45, 7) is 2.85. The van der Waals surface area contributed by atoms with Crippen molar-refractivity contribution >= 4 is 5.91 Å². The van der Waals surface area contributed by atoms with Crippen LogP contribution in [0.1, 0.15) is 42.9 Å². The molecule has 1 amide bonds. The number of hydrogen-bond donors (Lipinski definition) is 2. The summed E-state index contributed by atoms with van der Waals surface area (Å²) in [5.74, 6) is -0.327. The molecule has 0 aromatic heterocycles. The van der Waals surface area contributed by atoms with Gasteiger partial charge < -0.3 is 4.90 Å². The second-order valence-electron chi connectivity index (χ2n) is 7.20. The average molecular weight is 380 g/mol. The van der Waals surface area contributed by atoms with Crippen LogP contribution in [0, 0.1) is 17.1 Å². The number of hydrazine groups is 1. The van der Waals surface area contributed by atoms with E-state index in [1.54, 1.807) is 23.1 Å². The molecule has 0 radical (unpaired) electrons. The zero-order valence-electron chi connectivity index (χ0n) is 16.0. The second-order valence-corrected chi connectivity index (χ2v) is 7.20. The average Bonchev–Trinajstić information content (AvgIpc) is 3.16. The number of carbonyl (C=O) groups is 1. The molecule has 1 aliphatic heterocycles. The van der Waals surface area contributed by atoms with Gasteiger partial charge in [0.15, 0.2) is 0 Å². The summed E-state index contributed by atoms with van der Waals surface area (Å²) >= 11 is 0. The quantitative estimate of drug-likeness (QED) is 0.774. The highest BCUT2D eigenvalue weighted by Gasteiger charge is 2.31. The normalized spacial score (nSPS) is 18.6. The highest BCUT2D eigenvalue weighted by Crippen LogP contribution is 2.17. The number of nitrogens with zero attached hydrogens (tertiary/aromatic N) is 2. The molecule has 0 bridgehead atoms. The minimum atomic E-state index is -0.313. The van der Waals surface area contributed by atoms with Gasteiger partial charge in [-0.2, -0.15) is 5.26 Å². The van der Waals surface area contributed by atoms with Crippen molar-refractivity contribution in [3.05, 3.63) is 71.0 Å². The maximum atomic E-state index is 13.6. The van der Waals surface area contributed by atoms with Crippen LogP contribution in [0.5, 0.6) is 0 Å². The monoisotopic (exact) mass is 380 g/mol. The van der Waals surface area contributed by atoms with Crippen LogP contribution >= 0.6 is 0 Å². The van der Waals surface area contributed by atoms with Gasteiger partial charge in [0.2, 0.25) is 5.91 Å². The molecule has 1 aliphatic rings. The van der Waals surface area contributed by atoms with Crippen molar-refractivity contribution in [1.82, 2.24) is 15.8 Å². The van der Waals surface area contributed by atoms with Crippen LogP contribution in [0.3, 0.4) is 0 Å². The van der Waals surface area contributed by atoms with E-state index >= 15 is 0 Å². The molecular weight excluding hydrogens is 355 g/mol. The molecular formula is C22H25FN4O. The van der Waals surface area contributed by atoms with Gasteiger partial charge in [0.05, 0.1) is 11.6 Å². The third kappa shape index (κ3) is 5.16. The van der Waals surface area contributed by atoms with Gasteiger partial charge in [0.25, 0.3) is 0 Å². The van der Waals surface area contributed by atoms with Gasteiger partial charge in [-0.1, -0.05) is 37.6 Å². The smallest absolute Gasteiger partial charge is 0.241 e. The Bertz CT molecular complexity index is 846. The number of halogens is 1. The molecule has 2 aromatic rings. The Balaban J connectivity index is 1.77. The molecule has 2 atom stereocenters. The van der Waals surface area contributed by atoms with E-state index in [0.717, 1.165) is 30.4 Å². The summed E-state index contributed by atoms with van der Waals surface area (Å²) in [6, 6.07) is 15.6. The Kier molecular flexibility index (Phi) is 6.75. The highest BCUT2D eigenvalue weighted by molar-refractivity contribution is 5.82. The Labute approximate surface area is 165 Å². The van der Waals surface area contributed by atoms with Crippen molar-refractivity contribution in [3.8, 4) is 6.07 Å². The fraction of sp³-hybridized carbons (Fsp3) is 0.364. The molecule has 1 heterocycles. The largest absolute Gasteiger partial charge is 0.333 e. The molecule has 0 spiro atoms. The molecule has 5 nitrogen and oxygen atoms in total. The van der Waals surface area contributed by atoms with E-state index in [1.807, 2.05) is 18.2 Å². The van der Waals surface area contributed by atoms with Crippen LogP contribution in [0.2, 0.25) is 0 Å². The Morgan fingerprint density at radius 2 is 1.93 bits per heavy atom. The van der Waals surface area contributed by atoms with Gasteiger partial charge in [-0.05, 0) is 48.2 Å². The lowest BCUT2D eigenvalue weighted by Gasteiger charge is -2.26. The van der Waals surface area contributed by atoms with Crippen molar-refractivity contribution in [1.29, 1.82) is 5.26 Å². The fourth-order valence-electron chi connectivity index (χ4n) is 3.51. The van der Waals surface area contributed by atoms with E-state index in [0.29, 0.717) is 18.7 Å². The van der Waals surface area contributed by atoms with Gasteiger partial charge in [-0.15, -0.1) is 0 Å². The summed E-state index contributed by atoms with van der Waals surface area (Å²) < 4.78 is 13.6. The minimum absolute atomic E-state index is 0.0141. The Morgan fingerprint density at radius 3 is 2.61 bits per heavy atom. The summed E-state index contributed by atoms with van der Waals surface area (Å²) in [7, 11) is 0. The number of nitriles is 1. The van der Waals surface area contributed by atoms with E-state index in [-0.39, 0.29) is 23.8 Å². The molecule has 1 saturated heterocycles. The molecule has 146 valence electrons. The van der Waals surface area contributed by atoms with Crippen molar-refractivity contribution in [3.63, 3.8) is 0 Å². The lowest BCUT2D eigenvalue weighted by atomic mass is 10.0. The number of amides is 1. The zero-order valence-corrected chi connectivity index (χ0v) is 16.0. The number of rotatable bonds is 7. The first-order valence-corrected chi connectivity index (χ1v) is 9.62. The molecule has 0 aliphatic carbocycles. The predicted octanol–water partition coefficient (Wildman–Crippen LogP) is 3.26. The number of nitrogens with one attached hydrogen (secondary N) is 2. The van der Waals surface area contributed by atoms with Crippen LogP contribution in [0.25, 0.3) is 0 Å². The molecule has 2 N–H and O–H groups in total. The van der Waals surface area contributed by atoms with Crippen LogP contribution in [-0.4, -0.2) is 22.9 Å². The minimum Gasteiger partial charge on any atom is -0.333 e. The van der Waals surface area contributed by atoms with Crippen molar-refractivity contribution in [2.75, 3.05) is 0 Å². The maximum absolute atomic E-state index is 13.6. The topological polar surface area (TPSA) is 68.2 Å². The lowest BCUT2D eigenvalue weighted by molar-refractivity contribution is -0.134. The maximum Gasteiger partial charge on any atom is 0.241 e. The summed E-state index contributed by atoms with van der Waals surface area (Å²) in [5, 5.41) is 8.97. The van der Waals surface area contributed by atoms with Crippen molar-refractivity contribution in [2.45, 2.75) is 51.4 Å². The molecule has 2 aromatic carbocycles. The van der Waals surface area contributed by atoms with E-state index < -0.39 is 0 Å². The van der Waals surface area contributed by atoms with E-state index in [2.05, 4.69) is 23.8 Å². The van der Waals surface area contributed by atoms with Crippen LogP contribution < -0.4 is 10.9 Å². The predicted molar refractivity (Wildman–Crippen MR) is 105 cm³/mol. The van der Waals surface area contributed by atoms with E-state index in [1.165, 1.54) is 12.1 Å². The van der Waals surface area contributed by atoms with E-state index in [4.69, 9.17) is 5.26 Å². The first-order valence-electron chi connectivity index (χ1n) is 9.62. The second kappa shape index (κ2) is 9.45. The standard InChI is InChI=1S/C22H25FN4O/c1-2-4-20-12-21(26-25-20)22(28)27(15-18-5-3-6-19(23)11-18)14-17-9-7-16(13-24)8-10-17/h3,5-11,20-21,25-26H,2,4,12,14-15H2,1H3. The van der Waals surface area contributed by atoms with Gasteiger partial charge in [0.1, 0.15) is 11.9 Å². The number of hydrogen-bond acceptors (Lipinski definition) is 4. The zero-order chi connectivity index (χ0) is 19.9. The molecule has 2 unspecified atom stereocenters. The molecule has 0 saturated carbocycles. The third-order valence-corrected chi connectivity index (χ3v) is 4.95. The molecule has 6 heteroatoms. The molecule has 3 rings (SSSR count). The van der Waals surface area contributed by atoms with Crippen LogP contribution in [0.15, 0.2) is 48.5 Å². The van der Waals surface area contributed by atoms with Gasteiger partial charge in [-0.25, -0.2) is 9.82 Å². The SMILES string of the molecule is CCCC1CC(C(=O)N(Cc2ccc(C#N)cc2)Cc2cccc(F)c2)NN1. The van der Waals surface area contributed by atoms with Gasteiger partial charge in [0, 0.05) is 19.1 Å². The van der Waals surface area contributed by atoms with Gasteiger partial charge in [-0.3, -0.25) is 10.2 Å². The van der Waals surface area contributed by atoms with Gasteiger partial charge >= 0.3 is 0 Å². The third-order valence-electron chi connectivity index (χ3n) is 4.95. The first kappa shape index (κ1) is 20.0. The van der Waals surface area contributed by atoms with Crippen LogP contribution in [-0.2, 0) is 17.9 Å². The summed E-state index contributed by atoms with van der Waals surface area (Å²) in [4.78, 5) is 14.9. The Hall–Kier alpha value is -2.75.